The minimum Gasteiger partial charge on any atom is -0.291 e. The molecule has 1 saturated carbocycles. The Morgan fingerprint density at radius 1 is 0.865 bits per heavy atom. The summed E-state index contributed by atoms with van der Waals surface area (Å²) in [6.45, 7) is 0.116. The van der Waals surface area contributed by atoms with E-state index in [9.17, 15) is 29.7 Å². The molecule has 1 aliphatic carbocycles. The second-order valence-electron chi connectivity index (χ2n) is 8.89. The second-order valence-corrected chi connectivity index (χ2v) is 8.89. The molecule has 2 atom stereocenters. The van der Waals surface area contributed by atoms with E-state index in [2.05, 4.69) is 17.5 Å². The van der Waals surface area contributed by atoms with Gasteiger partial charge in [0, 0.05) is 11.0 Å². The number of likely N-dealkylation sites (tertiary alicyclic amines) is 1. The van der Waals surface area contributed by atoms with Gasteiger partial charge in [-0.15, -0.1) is 0 Å². The molecular formula is C28H25N5O4. The Balaban J connectivity index is 0.000000233. The Bertz CT molecular complexity index is 1250. The van der Waals surface area contributed by atoms with Gasteiger partial charge in [0.25, 0.3) is 5.91 Å². The number of nitrogens with zero attached hydrogens (tertiary/aromatic N) is 4. The van der Waals surface area contributed by atoms with Crippen LogP contribution in [-0.2, 0) is 20.9 Å². The monoisotopic (exact) mass is 495 g/mol. The normalized spacial score (nSPS) is 19.5. The second kappa shape index (κ2) is 12.2. The first-order valence-corrected chi connectivity index (χ1v) is 11.8. The summed E-state index contributed by atoms with van der Waals surface area (Å²) >= 11 is 0. The summed E-state index contributed by atoms with van der Waals surface area (Å²) in [6, 6.07) is 23.4. The van der Waals surface area contributed by atoms with Crippen LogP contribution in [0, 0.1) is 51.2 Å². The van der Waals surface area contributed by atoms with Crippen molar-refractivity contribution < 1.29 is 19.2 Å². The third-order valence-corrected chi connectivity index (χ3v) is 6.68. The molecule has 2 unspecified atom stereocenters. The van der Waals surface area contributed by atoms with Crippen LogP contribution in [0.4, 0.5) is 0 Å². The number of carbonyl (C=O) groups is 4. The molecule has 0 aromatic heterocycles. The molecule has 2 aliphatic rings. The molecule has 1 N–H and O–H groups in total. The first-order valence-electron chi connectivity index (χ1n) is 11.8. The number of piperidine rings is 1. The Kier molecular flexibility index (Phi) is 8.86. The number of hydrogen-bond acceptors (Lipinski definition) is 7. The average Bonchev–Trinajstić information content (AvgIpc) is 3.38. The van der Waals surface area contributed by atoms with Crippen molar-refractivity contribution in [3.05, 3.63) is 71.8 Å². The summed E-state index contributed by atoms with van der Waals surface area (Å²) in [4.78, 5) is 48.8. The summed E-state index contributed by atoms with van der Waals surface area (Å²) in [7, 11) is 0. The maximum absolute atomic E-state index is 12.8. The van der Waals surface area contributed by atoms with Gasteiger partial charge in [-0.05, 0) is 30.5 Å². The molecule has 0 radical (unpaired) electrons. The maximum atomic E-state index is 12.8. The van der Waals surface area contributed by atoms with Crippen LogP contribution in [0.25, 0.3) is 0 Å². The van der Waals surface area contributed by atoms with Crippen molar-refractivity contribution in [2.24, 2.45) is 17.3 Å². The standard InChI is InChI=1S/C18H17N3O2.C10H8N2O2/c19-10-14-16(22)21(12-13-6-2-1-3-7-13)17(23)15(11-20)18(14)8-4-5-9-18;11-7-6-9(13)12-10(14)8-4-2-1-3-5-8/h1-3,6-7,14-15H,4-5,8-9,12H2;1-5H,6H2,(H,12,13,14). The van der Waals surface area contributed by atoms with Crippen LogP contribution in [0.5, 0.6) is 0 Å². The highest BCUT2D eigenvalue weighted by atomic mass is 16.2. The Morgan fingerprint density at radius 2 is 1.38 bits per heavy atom. The first-order chi connectivity index (χ1) is 17.9. The molecule has 0 bridgehead atoms. The number of carbonyl (C=O) groups excluding carboxylic acids is 4. The van der Waals surface area contributed by atoms with Gasteiger partial charge < -0.3 is 0 Å². The molecule has 1 saturated heterocycles. The number of amides is 4. The lowest BCUT2D eigenvalue weighted by Gasteiger charge is -2.43. The number of nitrogens with one attached hydrogen (secondary N) is 1. The Hall–Kier alpha value is -4.81. The smallest absolute Gasteiger partial charge is 0.257 e. The summed E-state index contributed by atoms with van der Waals surface area (Å²) in [5.41, 5.74) is 0.425. The average molecular weight is 496 g/mol. The number of nitriles is 3. The van der Waals surface area contributed by atoms with E-state index in [1.165, 1.54) is 0 Å². The van der Waals surface area contributed by atoms with E-state index in [4.69, 9.17) is 5.26 Å². The van der Waals surface area contributed by atoms with E-state index < -0.39 is 40.9 Å². The predicted octanol–water partition coefficient (Wildman–Crippen LogP) is 3.25. The van der Waals surface area contributed by atoms with Crippen molar-refractivity contribution >= 4 is 23.6 Å². The maximum Gasteiger partial charge on any atom is 0.257 e. The van der Waals surface area contributed by atoms with E-state index in [-0.39, 0.29) is 13.0 Å². The topological polar surface area (TPSA) is 155 Å². The van der Waals surface area contributed by atoms with E-state index in [0.717, 1.165) is 23.3 Å². The highest BCUT2D eigenvalue weighted by molar-refractivity contribution is 6.05. The molecule has 1 spiro atoms. The molecule has 4 amide bonds. The summed E-state index contributed by atoms with van der Waals surface area (Å²) < 4.78 is 0. The minimum absolute atomic E-state index is 0.116. The van der Waals surface area contributed by atoms with Gasteiger partial charge in [-0.3, -0.25) is 29.4 Å². The minimum atomic E-state index is -0.906. The lowest BCUT2D eigenvalue weighted by molar-refractivity contribution is -0.162. The summed E-state index contributed by atoms with van der Waals surface area (Å²) in [6.07, 6.45) is 2.60. The van der Waals surface area contributed by atoms with Gasteiger partial charge in [0.1, 0.15) is 18.3 Å². The fraction of sp³-hybridized carbons (Fsp3) is 0.321. The fourth-order valence-electron chi connectivity index (χ4n) is 4.88. The van der Waals surface area contributed by atoms with E-state index in [0.29, 0.717) is 18.4 Å². The van der Waals surface area contributed by atoms with Crippen LogP contribution in [0.2, 0.25) is 0 Å². The third kappa shape index (κ3) is 5.89. The zero-order valence-corrected chi connectivity index (χ0v) is 20.1. The van der Waals surface area contributed by atoms with Crippen LogP contribution in [-0.4, -0.2) is 28.5 Å². The number of rotatable bonds is 4. The molecule has 2 aromatic rings. The molecule has 2 aromatic carbocycles. The van der Waals surface area contributed by atoms with Gasteiger partial charge in [0.2, 0.25) is 17.7 Å². The van der Waals surface area contributed by atoms with E-state index in [1.807, 2.05) is 30.3 Å². The molecule has 186 valence electrons. The SMILES string of the molecule is N#CC1C(=O)N(Cc2ccccc2)C(=O)C(C#N)C12CCCC2.N#CCC(=O)NC(=O)c1ccccc1. The summed E-state index contributed by atoms with van der Waals surface area (Å²) in [5, 5.41) is 29.4. The van der Waals surface area contributed by atoms with Crippen LogP contribution in [0.3, 0.4) is 0 Å². The largest absolute Gasteiger partial charge is 0.291 e. The highest BCUT2D eigenvalue weighted by Crippen LogP contribution is 2.53. The van der Waals surface area contributed by atoms with Crippen molar-refractivity contribution in [3.63, 3.8) is 0 Å². The quantitative estimate of drug-likeness (QED) is 0.638. The molecule has 2 fully saturated rings. The van der Waals surface area contributed by atoms with Crippen molar-refractivity contribution in [3.8, 4) is 18.2 Å². The number of imide groups is 2. The van der Waals surface area contributed by atoms with E-state index in [1.54, 1.807) is 36.4 Å². The first kappa shape index (κ1) is 26.8. The molecule has 1 heterocycles. The van der Waals surface area contributed by atoms with Gasteiger partial charge in [-0.2, -0.15) is 15.8 Å². The lowest BCUT2D eigenvalue weighted by atomic mass is 9.62. The zero-order chi connectivity index (χ0) is 26.8. The molecule has 37 heavy (non-hydrogen) atoms. The molecule has 9 heteroatoms. The van der Waals surface area contributed by atoms with Crippen molar-refractivity contribution in [2.75, 3.05) is 0 Å². The molecule has 4 rings (SSSR count). The van der Waals surface area contributed by atoms with Gasteiger partial charge in [0.05, 0.1) is 24.8 Å². The van der Waals surface area contributed by atoms with Crippen LogP contribution >= 0.6 is 0 Å². The van der Waals surface area contributed by atoms with Gasteiger partial charge >= 0.3 is 0 Å². The number of hydrogen-bond donors (Lipinski definition) is 1. The number of benzene rings is 2. The molecule has 1 aliphatic heterocycles. The van der Waals surface area contributed by atoms with Crippen LogP contribution < -0.4 is 5.32 Å². The lowest BCUT2D eigenvalue weighted by Crippen LogP contribution is -2.58. The highest BCUT2D eigenvalue weighted by Gasteiger charge is 2.59. The van der Waals surface area contributed by atoms with Crippen LogP contribution in [0.1, 0.15) is 48.0 Å². The van der Waals surface area contributed by atoms with Crippen molar-refractivity contribution in [1.29, 1.82) is 15.8 Å². The third-order valence-electron chi connectivity index (χ3n) is 6.68. The Labute approximate surface area is 214 Å². The van der Waals surface area contributed by atoms with Crippen molar-refractivity contribution in [1.82, 2.24) is 10.2 Å². The summed E-state index contributed by atoms with van der Waals surface area (Å²) in [5.74, 6) is -3.77. The van der Waals surface area contributed by atoms with Gasteiger partial charge in [0.15, 0.2) is 0 Å². The molecular weight excluding hydrogens is 470 g/mol. The zero-order valence-electron chi connectivity index (χ0n) is 20.1. The van der Waals surface area contributed by atoms with Crippen LogP contribution in [0.15, 0.2) is 60.7 Å². The fourth-order valence-corrected chi connectivity index (χ4v) is 4.88. The van der Waals surface area contributed by atoms with Gasteiger partial charge in [-0.1, -0.05) is 61.4 Å². The molecule has 9 nitrogen and oxygen atoms in total. The predicted molar refractivity (Wildman–Crippen MR) is 130 cm³/mol. The van der Waals surface area contributed by atoms with E-state index >= 15 is 0 Å². The Morgan fingerprint density at radius 3 is 1.86 bits per heavy atom. The van der Waals surface area contributed by atoms with Crippen molar-refractivity contribution in [2.45, 2.75) is 38.6 Å². The van der Waals surface area contributed by atoms with Gasteiger partial charge in [-0.25, -0.2) is 0 Å².